The van der Waals surface area contributed by atoms with Crippen molar-refractivity contribution in [2.45, 2.75) is 20.0 Å². The summed E-state index contributed by atoms with van der Waals surface area (Å²) in [7, 11) is 1.50. The molecule has 0 spiro atoms. The molecule has 140 valence electrons. The summed E-state index contributed by atoms with van der Waals surface area (Å²) in [5.74, 6) is 0.529. The van der Waals surface area contributed by atoms with E-state index in [9.17, 15) is 9.59 Å². The van der Waals surface area contributed by atoms with E-state index in [2.05, 4.69) is 5.32 Å². The number of hydrogen-bond donors (Lipinski definition) is 1. The maximum Gasteiger partial charge on any atom is 0.336 e. The van der Waals surface area contributed by atoms with Crippen molar-refractivity contribution in [3.63, 3.8) is 0 Å². The van der Waals surface area contributed by atoms with Crippen LogP contribution < -0.4 is 20.4 Å². The Kier molecular flexibility index (Phi) is 5.37. The predicted octanol–water partition coefficient (Wildman–Crippen LogP) is 4.17. The number of methoxy groups -OCH3 is 1. The van der Waals surface area contributed by atoms with Crippen molar-refractivity contribution in [1.29, 1.82) is 0 Å². The molecule has 0 aliphatic heterocycles. The van der Waals surface area contributed by atoms with Gasteiger partial charge in [-0.3, -0.25) is 4.79 Å². The van der Waals surface area contributed by atoms with Gasteiger partial charge < -0.3 is 19.2 Å². The second-order valence-corrected chi connectivity index (χ2v) is 6.44. The number of fused-ring (bicyclic) bond motifs is 1. The highest BCUT2D eigenvalue weighted by atomic mass is 35.5. The van der Waals surface area contributed by atoms with E-state index in [0.717, 1.165) is 10.9 Å². The minimum Gasteiger partial charge on any atom is -0.495 e. The number of aryl methyl sites for hydroxylation is 1. The third-order valence-electron chi connectivity index (χ3n) is 4.02. The molecule has 0 aliphatic rings. The largest absolute Gasteiger partial charge is 0.495 e. The van der Waals surface area contributed by atoms with Crippen LogP contribution in [0.3, 0.4) is 0 Å². The van der Waals surface area contributed by atoms with Crippen molar-refractivity contribution >= 4 is 34.2 Å². The van der Waals surface area contributed by atoms with Crippen LogP contribution in [0.1, 0.15) is 12.5 Å². The van der Waals surface area contributed by atoms with E-state index in [-0.39, 0.29) is 5.91 Å². The standard InChI is InChI=1S/C20H18ClNO5/c1-11-8-19(23)27-18-10-14(5-6-15(11)18)26-12(2)20(24)22-16-9-13(21)4-7-17(16)25-3/h4-10,12H,1-3H3,(H,22,24)/t12-/m1/s1. The van der Waals surface area contributed by atoms with Gasteiger partial charge in [0, 0.05) is 22.5 Å². The Hall–Kier alpha value is -2.99. The molecular formula is C20H18ClNO5. The van der Waals surface area contributed by atoms with Crippen molar-refractivity contribution in [2.75, 3.05) is 12.4 Å². The molecule has 0 unspecified atom stereocenters. The molecule has 0 saturated carbocycles. The van der Waals surface area contributed by atoms with Crippen LogP contribution in [0.2, 0.25) is 5.02 Å². The summed E-state index contributed by atoms with van der Waals surface area (Å²) in [5, 5.41) is 4.01. The molecule has 2 aromatic carbocycles. The second-order valence-electron chi connectivity index (χ2n) is 6.00. The zero-order chi connectivity index (χ0) is 19.6. The van der Waals surface area contributed by atoms with Crippen molar-refractivity contribution in [3.05, 3.63) is 63.5 Å². The molecule has 1 atom stereocenters. The first-order valence-corrected chi connectivity index (χ1v) is 8.61. The molecule has 0 saturated heterocycles. The molecule has 1 amide bonds. The monoisotopic (exact) mass is 387 g/mol. The number of hydrogen-bond acceptors (Lipinski definition) is 5. The van der Waals surface area contributed by atoms with Gasteiger partial charge in [0.2, 0.25) is 0 Å². The van der Waals surface area contributed by atoms with Gasteiger partial charge in [-0.1, -0.05) is 11.6 Å². The lowest BCUT2D eigenvalue weighted by Gasteiger charge is -2.16. The van der Waals surface area contributed by atoms with Crippen LogP contribution in [0.4, 0.5) is 5.69 Å². The molecule has 0 fully saturated rings. The average molecular weight is 388 g/mol. The number of nitrogens with one attached hydrogen (secondary N) is 1. The molecule has 1 N–H and O–H groups in total. The van der Waals surface area contributed by atoms with Crippen molar-refractivity contribution < 1.29 is 18.7 Å². The molecule has 1 heterocycles. The van der Waals surface area contributed by atoms with Crippen LogP contribution in [0.25, 0.3) is 11.0 Å². The molecule has 1 aromatic heterocycles. The lowest BCUT2D eigenvalue weighted by molar-refractivity contribution is -0.122. The number of amides is 1. The number of benzene rings is 2. The summed E-state index contributed by atoms with van der Waals surface area (Å²) in [5.41, 5.74) is 1.23. The Morgan fingerprint density at radius 2 is 1.96 bits per heavy atom. The Morgan fingerprint density at radius 1 is 1.19 bits per heavy atom. The molecule has 0 aliphatic carbocycles. The molecule has 3 rings (SSSR count). The summed E-state index contributed by atoms with van der Waals surface area (Å²) in [6.07, 6.45) is -0.803. The van der Waals surface area contributed by atoms with Crippen LogP contribution in [0.5, 0.6) is 11.5 Å². The van der Waals surface area contributed by atoms with Crippen LogP contribution >= 0.6 is 11.6 Å². The lowest BCUT2D eigenvalue weighted by Crippen LogP contribution is -2.30. The summed E-state index contributed by atoms with van der Waals surface area (Å²) >= 11 is 5.97. The van der Waals surface area contributed by atoms with E-state index in [1.807, 2.05) is 6.92 Å². The van der Waals surface area contributed by atoms with E-state index in [4.69, 9.17) is 25.5 Å². The normalized spacial score (nSPS) is 11.9. The Balaban J connectivity index is 1.78. The lowest BCUT2D eigenvalue weighted by atomic mass is 10.1. The summed E-state index contributed by atoms with van der Waals surface area (Å²) in [4.78, 5) is 24.0. The Morgan fingerprint density at radius 3 is 2.70 bits per heavy atom. The van der Waals surface area contributed by atoms with E-state index in [0.29, 0.717) is 27.8 Å². The number of ether oxygens (including phenoxy) is 2. The minimum absolute atomic E-state index is 0.374. The fourth-order valence-electron chi connectivity index (χ4n) is 2.65. The first kappa shape index (κ1) is 18.8. The van der Waals surface area contributed by atoms with E-state index >= 15 is 0 Å². The molecule has 6 nitrogen and oxygen atoms in total. The van der Waals surface area contributed by atoms with Crippen LogP contribution in [-0.2, 0) is 4.79 Å². The van der Waals surface area contributed by atoms with Crippen LogP contribution in [0.15, 0.2) is 51.7 Å². The highest BCUT2D eigenvalue weighted by Crippen LogP contribution is 2.28. The number of rotatable bonds is 5. The van der Waals surface area contributed by atoms with Gasteiger partial charge in [0.25, 0.3) is 5.91 Å². The Labute approximate surface area is 160 Å². The minimum atomic E-state index is -0.803. The smallest absolute Gasteiger partial charge is 0.336 e. The third-order valence-corrected chi connectivity index (χ3v) is 4.26. The summed E-state index contributed by atoms with van der Waals surface area (Å²) in [6, 6.07) is 11.5. The predicted molar refractivity (Wildman–Crippen MR) is 104 cm³/mol. The molecule has 3 aromatic rings. The maximum atomic E-state index is 12.5. The molecule has 0 radical (unpaired) electrons. The fourth-order valence-corrected chi connectivity index (χ4v) is 2.82. The van der Waals surface area contributed by atoms with Gasteiger partial charge in [0.15, 0.2) is 6.10 Å². The number of halogens is 1. The van der Waals surface area contributed by atoms with E-state index in [1.54, 1.807) is 43.3 Å². The second kappa shape index (κ2) is 7.72. The van der Waals surface area contributed by atoms with Gasteiger partial charge in [0.1, 0.15) is 17.1 Å². The van der Waals surface area contributed by atoms with Crippen molar-refractivity contribution in [3.8, 4) is 11.5 Å². The van der Waals surface area contributed by atoms with Gasteiger partial charge >= 0.3 is 5.63 Å². The van der Waals surface area contributed by atoms with E-state index < -0.39 is 11.7 Å². The third kappa shape index (κ3) is 4.23. The molecule has 7 heteroatoms. The van der Waals surface area contributed by atoms with Gasteiger partial charge in [-0.15, -0.1) is 0 Å². The van der Waals surface area contributed by atoms with Gasteiger partial charge in [-0.25, -0.2) is 4.79 Å². The van der Waals surface area contributed by atoms with Crippen LogP contribution in [0, 0.1) is 6.92 Å². The molecule has 0 bridgehead atoms. The Bertz CT molecular complexity index is 1060. The average Bonchev–Trinajstić information content (AvgIpc) is 2.61. The highest BCUT2D eigenvalue weighted by molar-refractivity contribution is 6.31. The zero-order valence-corrected chi connectivity index (χ0v) is 15.8. The van der Waals surface area contributed by atoms with Gasteiger partial charge in [0.05, 0.1) is 12.8 Å². The fraction of sp³-hybridized carbons (Fsp3) is 0.200. The SMILES string of the molecule is COc1ccc(Cl)cc1NC(=O)[C@@H](C)Oc1ccc2c(C)cc(=O)oc2c1. The van der Waals surface area contributed by atoms with Crippen molar-refractivity contribution in [2.24, 2.45) is 0 Å². The van der Waals surface area contributed by atoms with Crippen molar-refractivity contribution in [1.82, 2.24) is 0 Å². The molecule has 27 heavy (non-hydrogen) atoms. The summed E-state index contributed by atoms with van der Waals surface area (Å²) < 4.78 is 16.1. The van der Waals surface area contributed by atoms with Crippen LogP contribution in [-0.4, -0.2) is 19.1 Å². The molecular weight excluding hydrogens is 370 g/mol. The number of carbonyl (C=O) groups excluding carboxylic acids is 1. The topological polar surface area (TPSA) is 77.8 Å². The number of anilines is 1. The van der Waals surface area contributed by atoms with Gasteiger partial charge in [-0.2, -0.15) is 0 Å². The number of carbonyl (C=O) groups is 1. The first-order chi connectivity index (χ1) is 12.9. The first-order valence-electron chi connectivity index (χ1n) is 8.23. The van der Waals surface area contributed by atoms with Gasteiger partial charge in [-0.05, 0) is 49.7 Å². The maximum absolute atomic E-state index is 12.5. The highest BCUT2D eigenvalue weighted by Gasteiger charge is 2.17. The summed E-state index contributed by atoms with van der Waals surface area (Å²) in [6.45, 7) is 3.44. The van der Waals surface area contributed by atoms with E-state index in [1.165, 1.54) is 13.2 Å². The zero-order valence-electron chi connectivity index (χ0n) is 15.0. The quantitative estimate of drug-likeness (QED) is 0.665.